The van der Waals surface area contributed by atoms with Gasteiger partial charge in [-0.15, -0.1) is 0 Å². The Kier molecular flexibility index (Phi) is 5.78. The Morgan fingerprint density at radius 1 is 1.19 bits per heavy atom. The zero-order valence-corrected chi connectivity index (χ0v) is 15.4. The lowest BCUT2D eigenvalue weighted by Gasteiger charge is -2.13. The third-order valence-electron chi connectivity index (χ3n) is 3.58. The van der Waals surface area contributed by atoms with Crippen LogP contribution in [0.25, 0.3) is 0 Å². The van der Waals surface area contributed by atoms with Crippen LogP contribution in [0.15, 0.2) is 54.7 Å². The van der Waals surface area contributed by atoms with E-state index in [2.05, 4.69) is 10.3 Å². The number of hydrogen-bond acceptors (Lipinski definition) is 4. The summed E-state index contributed by atoms with van der Waals surface area (Å²) in [6, 6.07) is 12.4. The van der Waals surface area contributed by atoms with Crippen molar-refractivity contribution in [3.63, 3.8) is 0 Å². The van der Waals surface area contributed by atoms with Crippen molar-refractivity contribution in [1.29, 1.82) is 0 Å². The molecule has 8 heteroatoms. The lowest BCUT2D eigenvalue weighted by Crippen LogP contribution is -2.24. The highest BCUT2D eigenvalue weighted by molar-refractivity contribution is 6.32. The summed E-state index contributed by atoms with van der Waals surface area (Å²) in [5.74, 6) is -1.05. The zero-order valence-electron chi connectivity index (χ0n) is 13.9. The number of aromatic nitrogens is 1. The van der Waals surface area contributed by atoms with Crippen LogP contribution in [0.5, 0.6) is 11.5 Å². The van der Waals surface area contributed by atoms with E-state index in [1.54, 1.807) is 18.2 Å². The Bertz CT molecular complexity index is 964. The second kappa shape index (κ2) is 8.24. The van der Waals surface area contributed by atoms with E-state index in [0.29, 0.717) is 10.7 Å². The molecule has 0 aliphatic carbocycles. The highest BCUT2D eigenvalue weighted by atomic mass is 35.5. The van der Waals surface area contributed by atoms with E-state index in [4.69, 9.17) is 33.7 Å². The first-order chi connectivity index (χ1) is 12.9. The molecule has 0 unspecified atom stereocenters. The molecule has 0 radical (unpaired) electrons. The number of nitrogen functional groups attached to an aromatic ring is 1. The molecule has 1 aromatic heterocycles. The lowest BCUT2D eigenvalue weighted by molar-refractivity contribution is 0.0945. The molecule has 3 aromatic rings. The molecular weight excluding hydrogens is 392 g/mol. The topological polar surface area (TPSA) is 77.2 Å². The number of carbonyl (C=O) groups is 1. The van der Waals surface area contributed by atoms with Gasteiger partial charge >= 0.3 is 0 Å². The molecule has 0 bridgehead atoms. The van der Waals surface area contributed by atoms with Crippen LogP contribution in [-0.4, -0.2) is 10.9 Å². The summed E-state index contributed by atoms with van der Waals surface area (Å²) in [4.78, 5) is 16.0. The molecule has 3 rings (SSSR count). The van der Waals surface area contributed by atoms with Gasteiger partial charge < -0.3 is 15.8 Å². The maximum absolute atomic E-state index is 14.8. The molecule has 0 fully saturated rings. The molecule has 27 heavy (non-hydrogen) atoms. The SMILES string of the molecule is Nc1cc(Cl)cc(Oc2c(Cl)ccc(CNC(=O)c3ccccn3)c2F)c1. The number of amides is 1. The molecule has 1 heterocycles. The summed E-state index contributed by atoms with van der Waals surface area (Å²) >= 11 is 12.0. The van der Waals surface area contributed by atoms with Crippen LogP contribution in [0.1, 0.15) is 16.1 Å². The minimum absolute atomic E-state index is 0.0630. The van der Waals surface area contributed by atoms with Crippen LogP contribution in [0, 0.1) is 5.82 Å². The van der Waals surface area contributed by atoms with Gasteiger partial charge in [-0.25, -0.2) is 4.39 Å². The molecule has 138 valence electrons. The summed E-state index contributed by atoms with van der Waals surface area (Å²) in [6.45, 7) is -0.0630. The molecule has 0 saturated heterocycles. The quantitative estimate of drug-likeness (QED) is 0.595. The second-order valence-corrected chi connectivity index (χ2v) is 6.41. The van der Waals surface area contributed by atoms with Gasteiger partial charge in [0.25, 0.3) is 5.91 Å². The standard InChI is InChI=1S/C19H14Cl2FN3O2/c20-12-7-13(23)9-14(8-12)27-18-15(21)5-4-11(17(18)22)10-25-19(26)16-3-1-2-6-24-16/h1-9H,10,23H2,(H,25,26). The highest BCUT2D eigenvalue weighted by Crippen LogP contribution is 2.35. The number of carbonyl (C=O) groups excluding carboxylic acids is 1. The van der Waals surface area contributed by atoms with Crippen molar-refractivity contribution in [2.45, 2.75) is 6.54 Å². The number of nitrogens with two attached hydrogens (primary N) is 1. The van der Waals surface area contributed by atoms with Crippen LogP contribution in [0.4, 0.5) is 10.1 Å². The number of rotatable bonds is 5. The second-order valence-electron chi connectivity index (χ2n) is 5.57. The molecule has 0 atom stereocenters. The maximum Gasteiger partial charge on any atom is 0.270 e. The number of ether oxygens (including phenoxy) is 1. The van der Waals surface area contributed by atoms with E-state index in [1.807, 2.05) is 0 Å². The Labute approximate surface area is 164 Å². The van der Waals surface area contributed by atoms with Crippen LogP contribution in [-0.2, 0) is 6.54 Å². The van der Waals surface area contributed by atoms with Crippen molar-refractivity contribution in [1.82, 2.24) is 10.3 Å². The van der Waals surface area contributed by atoms with Gasteiger partial charge in [0.1, 0.15) is 11.4 Å². The highest BCUT2D eigenvalue weighted by Gasteiger charge is 2.16. The van der Waals surface area contributed by atoms with E-state index in [-0.39, 0.29) is 34.3 Å². The average Bonchev–Trinajstić information content (AvgIpc) is 2.64. The average molecular weight is 406 g/mol. The number of nitrogens with zero attached hydrogens (tertiary/aromatic N) is 1. The third-order valence-corrected chi connectivity index (χ3v) is 4.10. The smallest absolute Gasteiger partial charge is 0.270 e. The Balaban J connectivity index is 1.80. The minimum Gasteiger partial charge on any atom is -0.453 e. The number of anilines is 1. The van der Waals surface area contributed by atoms with Gasteiger partial charge in [0.15, 0.2) is 11.6 Å². The summed E-state index contributed by atoms with van der Waals surface area (Å²) in [5.41, 5.74) is 6.52. The molecule has 2 aromatic carbocycles. The molecule has 0 saturated carbocycles. The first kappa shape index (κ1) is 18.9. The fourth-order valence-corrected chi connectivity index (χ4v) is 2.75. The molecule has 5 nitrogen and oxygen atoms in total. The Hall–Kier alpha value is -2.83. The Morgan fingerprint density at radius 3 is 2.70 bits per heavy atom. The van der Waals surface area contributed by atoms with E-state index < -0.39 is 11.7 Å². The maximum atomic E-state index is 14.8. The van der Waals surface area contributed by atoms with Gasteiger partial charge in [0.05, 0.1) is 5.02 Å². The lowest BCUT2D eigenvalue weighted by atomic mass is 10.2. The first-order valence-electron chi connectivity index (χ1n) is 7.84. The van der Waals surface area contributed by atoms with Gasteiger partial charge in [0.2, 0.25) is 0 Å². The van der Waals surface area contributed by atoms with Crippen molar-refractivity contribution >= 4 is 34.8 Å². The third kappa shape index (κ3) is 4.67. The molecule has 0 spiro atoms. The molecule has 3 N–H and O–H groups in total. The van der Waals surface area contributed by atoms with Crippen molar-refractivity contribution in [2.24, 2.45) is 0 Å². The summed E-state index contributed by atoms with van der Waals surface area (Å²) in [6.07, 6.45) is 1.50. The molecule has 0 aliphatic rings. The largest absolute Gasteiger partial charge is 0.453 e. The van der Waals surface area contributed by atoms with E-state index >= 15 is 0 Å². The number of halogens is 3. The predicted molar refractivity (Wildman–Crippen MR) is 103 cm³/mol. The van der Waals surface area contributed by atoms with Crippen LogP contribution in [0.3, 0.4) is 0 Å². The zero-order chi connectivity index (χ0) is 19.4. The molecule has 1 amide bonds. The van der Waals surface area contributed by atoms with E-state index in [0.717, 1.165) is 0 Å². The fourth-order valence-electron chi connectivity index (χ4n) is 2.33. The van der Waals surface area contributed by atoms with Gasteiger partial charge in [-0.05, 0) is 30.3 Å². The monoisotopic (exact) mass is 405 g/mol. The van der Waals surface area contributed by atoms with E-state index in [1.165, 1.54) is 36.5 Å². The molecule has 0 aliphatic heterocycles. The van der Waals surface area contributed by atoms with Gasteiger partial charge in [-0.3, -0.25) is 9.78 Å². The number of pyridine rings is 1. The van der Waals surface area contributed by atoms with Gasteiger partial charge in [0, 0.05) is 35.1 Å². The predicted octanol–water partition coefficient (Wildman–Crippen LogP) is 4.83. The number of benzene rings is 2. The van der Waals surface area contributed by atoms with Crippen molar-refractivity contribution < 1.29 is 13.9 Å². The van der Waals surface area contributed by atoms with Gasteiger partial charge in [-0.2, -0.15) is 0 Å². The van der Waals surface area contributed by atoms with Crippen LogP contribution in [0.2, 0.25) is 10.0 Å². The minimum atomic E-state index is -0.692. The first-order valence-corrected chi connectivity index (χ1v) is 8.59. The van der Waals surface area contributed by atoms with E-state index in [9.17, 15) is 9.18 Å². The van der Waals surface area contributed by atoms with Crippen LogP contribution >= 0.6 is 23.2 Å². The molecular formula is C19H14Cl2FN3O2. The Morgan fingerprint density at radius 2 is 2.00 bits per heavy atom. The number of hydrogen-bond donors (Lipinski definition) is 2. The fraction of sp³-hybridized carbons (Fsp3) is 0.0526. The number of nitrogens with one attached hydrogen (secondary N) is 1. The normalized spacial score (nSPS) is 10.5. The van der Waals surface area contributed by atoms with Crippen LogP contribution < -0.4 is 15.8 Å². The van der Waals surface area contributed by atoms with Crippen molar-refractivity contribution in [3.8, 4) is 11.5 Å². The van der Waals surface area contributed by atoms with Gasteiger partial charge in [-0.1, -0.05) is 35.3 Å². The summed E-state index contributed by atoms with van der Waals surface area (Å²) < 4.78 is 20.4. The summed E-state index contributed by atoms with van der Waals surface area (Å²) in [5, 5.41) is 3.03. The van der Waals surface area contributed by atoms with Crippen molar-refractivity contribution in [3.05, 3.63) is 81.8 Å². The van der Waals surface area contributed by atoms with Crippen molar-refractivity contribution in [2.75, 3.05) is 5.73 Å². The summed E-state index contributed by atoms with van der Waals surface area (Å²) in [7, 11) is 0.